The van der Waals surface area contributed by atoms with Crippen molar-refractivity contribution in [2.75, 3.05) is 44.7 Å². The van der Waals surface area contributed by atoms with Crippen LogP contribution in [-0.4, -0.2) is 50.6 Å². The molecule has 0 saturated carbocycles. The lowest BCUT2D eigenvalue weighted by Crippen LogP contribution is -3.15. The second kappa shape index (κ2) is 8.32. The number of hydrogen-bond acceptors (Lipinski definition) is 2. The Labute approximate surface area is 154 Å². The molecule has 1 N–H and O–H groups in total. The number of benzene rings is 2. The minimum Gasteiger partial charge on any atom is -0.360 e. The van der Waals surface area contributed by atoms with E-state index in [0.717, 1.165) is 37.4 Å². The molecule has 1 saturated heterocycles. The molecule has 0 aliphatic carbocycles. The maximum absolute atomic E-state index is 13.1. The summed E-state index contributed by atoms with van der Waals surface area (Å²) in [6.07, 6.45) is 0. The Kier molecular flexibility index (Phi) is 5.89. The number of carbonyl (C=O) groups excluding carboxylic acids is 1. The van der Waals surface area contributed by atoms with Gasteiger partial charge in [0.05, 0.1) is 32.2 Å². The molecule has 1 heterocycles. The van der Waals surface area contributed by atoms with Crippen LogP contribution in [0.25, 0.3) is 0 Å². The molecule has 0 unspecified atom stereocenters. The molecule has 1 amide bonds. The number of likely N-dealkylation sites (N-methyl/N-ethyl adjacent to an activating group) is 1. The van der Waals surface area contributed by atoms with Crippen LogP contribution in [0.4, 0.5) is 10.1 Å². The van der Waals surface area contributed by atoms with E-state index in [0.29, 0.717) is 6.54 Å². The van der Waals surface area contributed by atoms with Gasteiger partial charge < -0.3 is 14.7 Å². The SMILES string of the molecule is C[C@H](c1ccccc1)N(C)C(=O)C[NH+]1CCN(c2ccc(F)cc2)CC1. The smallest absolute Gasteiger partial charge is 0.278 e. The minimum absolute atomic E-state index is 0.0728. The van der Waals surface area contributed by atoms with Crippen LogP contribution in [0.5, 0.6) is 0 Å². The second-order valence-corrected chi connectivity index (χ2v) is 6.98. The van der Waals surface area contributed by atoms with Gasteiger partial charge in [0.2, 0.25) is 0 Å². The highest BCUT2D eigenvalue weighted by atomic mass is 19.1. The Morgan fingerprint density at radius 3 is 2.35 bits per heavy atom. The number of nitrogens with zero attached hydrogens (tertiary/aromatic N) is 2. The van der Waals surface area contributed by atoms with Crippen LogP contribution in [0.1, 0.15) is 18.5 Å². The quantitative estimate of drug-likeness (QED) is 0.884. The number of rotatable bonds is 5. The Balaban J connectivity index is 1.50. The first-order valence-electron chi connectivity index (χ1n) is 9.19. The van der Waals surface area contributed by atoms with Crippen LogP contribution in [0.2, 0.25) is 0 Å². The number of hydrogen-bond donors (Lipinski definition) is 1. The molecular formula is C21H27FN3O+. The summed E-state index contributed by atoms with van der Waals surface area (Å²) in [4.78, 5) is 18.1. The molecule has 1 fully saturated rings. The number of amides is 1. The molecule has 1 aliphatic rings. The van der Waals surface area contributed by atoms with E-state index < -0.39 is 0 Å². The molecule has 5 heteroatoms. The number of halogens is 1. The third-order valence-electron chi connectivity index (χ3n) is 5.32. The summed E-state index contributed by atoms with van der Waals surface area (Å²) in [5, 5.41) is 0. The summed E-state index contributed by atoms with van der Waals surface area (Å²) < 4.78 is 13.1. The maximum Gasteiger partial charge on any atom is 0.278 e. The normalized spacial score (nSPS) is 16.3. The first-order valence-corrected chi connectivity index (χ1v) is 9.19. The van der Waals surface area contributed by atoms with E-state index in [-0.39, 0.29) is 17.8 Å². The Hall–Kier alpha value is -2.40. The van der Waals surface area contributed by atoms with Gasteiger partial charge in [0, 0.05) is 12.7 Å². The van der Waals surface area contributed by atoms with Crippen LogP contribution < -0.4 is 9.80 Å². The van der Waals surface area contributed by atoms with Crippen molar-refractivity contribution in [3.8, 4) is 0 Å². The highest BCUT2D eigenvalue weighted by Crippen LogP contribution is 2.18. The molecule has 1 aliphatic heterocycles. The van der Waals surface area contributed by atoms with Crippen molar-refractivity contribution in [3.05, 3.63) is 66.0 Å². The fraction of sp³-hybridized carbons (Fsp3) is 0.381. The maximum atomic E-state index is 13.1. The zero-order valence-electron chi connectivity index (χ0n) is 15.5. The van der Waals surface area contributed by atoms with Crippen molar-refractivity contribution >= 4 is 11.6 Å². The van der Waals surface area contributed by atoms with Gasteiger partial charge in [-0.25, -0.2) is 4.39 Å². The fourth-order valence-electron chi connectivity index (χ4n) is 3.42. The van der Waals surface area contributed by atoms with Crippen LogP contribution in [0.3, 0.4) is 0 Å². The number of nitrogens with one attached hydrogen (secondary N) is 1. The Morgan fingerprint density at radius 2 is 1.73 bits per heavy atom. The molecule has 1 atom stereocenters. The van der Waals surface area contributed by atoms with E-state index in [2.05, 4.69) is 24.0 Å². The van der Waals surface area contributed by atoms with E-state index in [1.54, 1.807) is 0 Å². The van der Waals surface area contributed by atoms with Crippen LogP contribution in [0, 0.1) is 5.82 Å². The number of piperazine rings is 1. The predicted molar refractivity (Wildman–Crippen MR) is 102 cm³/mol. The molecule has 2 aromatic rings. The lowest BCUT2D eigenvalue weighted by atomic mass is 10.1. The van der Waals surface area contributed by atoms with Crippen molar-refractivity contribution in [3.63, 3.8) is 0 Å². The summed E-state index contributed by atoms with van der Waals surface area (Å²) in [7, 11) is 1.88. The average molecular weight is 356 g/mol. The number of quaternary nitrogens is 1. The molecule has 3 rings (SSSR count). The Morgan fingerprint density at radius 1 is 1.12 bits per heavy atom. The van der Waals surface area contributed by atoms with Crippen LogP contribution in [-0.2, 0) is 4.79 Å². The van der Waals surface area contributed by atoms with Gasteiger partial charge in [-0.2, -0.15) is 0 Å². The molecule has 138 valence electrons. The van der Waals surface area contributed by atoms with Crippen LogP contribution in [0.15, 0.2) is 54.6 Å². The standard InChI is InChI=1S/C21H26FN3O/c1-17(18-6-4-3-5-7-18)23(2)21(26)16-24-12-14-25(15-13-24)20-10-8-19(22)9-11-20/h3-11,17H,12-16H2,1-2H3/p+1/t17-/m1/s1. The second-order valence-electron chi connectivity index (χ2n) is 6.98. The zero-order chi connectivity index (χ0) is 18.5. The van der Waals surface area contributed by atoms with Gasteiger partial charge in [0.25, 0.3) is 5.91 Å². The van der Waals surface area contributed by atoms with Crippen molar-refractivity contribution in [1.29, 1.82) is 0 Å². The summed E-state index contributed by atoms with van der Waals surface area (Å²) in [6, 6.07) is 16.8. The molecule has 0 aromatic heterocycles. The van der Waals surface area contributed by atoms with Gasteiger partial charge in [0.1, 0.15) is 5.82 Å². The average Bonchev–Trinajstić information content (AvgIpc) is 2.69. The predicted octanol–water partition coefficient (Wildman–Crippen LogP) is 1.75. The van der Waals surface area contributed by atoms with E-state index in [9.17, 15) is 9.18 Å². The topological polar surface area (TPSA) is 28.0 Å². The van der Waals surface area contributed by atoms with Crippen LogP contribution >= 0.6 is 0 Å². The highest BCUT2D eigenvalue weighted by molar-refractivity contribution is 5.77. The van der Waals surface area contributed by atoms with Crippen molar-refractivity contribution in [2.45, 2.75) is 13.0 Å². The molecule has 0 bridgehead atoms. The molecule has 0 radical (unpaired) electrons. The monoisotopic (exact) mass is 356 g/mol. The van der Waals surface area contributed by atoms with E-state index in [1.807, 2.05) is 42.3 Å². The largest absolute Gasteiger partial charge is 0.360 e. The van der Waals surface area contributed by atoms with Crippen molar-refractivity contribution in [1.82, 2.24) is 4.90 Å². The van der Waals surface area contributed by atoms with Gasteiger partial charge in [-0.05, 0) is 36.8 Å². The zero-order valence-corrected chi connectivity index (χ0v) is 15.5. The third-order valence-corrected chi connectivity index (χ3v) is 5.32. The molecule has 2 aromatic carbocycles. The first-order chi connectivity index (χ1) is 12.5. The summed E-state index contributed by atoms with van der Waals surface area (Å²) >= 11 is 0. The first kappa shape index (κ1) is 18.4. The van der Waals surface area contributed by atoms with Gasteiger partial charge in [-0.15, -0.1) is 0 Å². The summed E-state index contributed by atoms with van der Waals surface area (Å²) in [5.41, 5.74) is 2.20. The third kappa shape index (κ3) is 4.41. The van der Waals surface area contributed by atoms with Crippen molar-refractivity contribution < 1.29 is 14.1 Å². The lowest BCUT2D eigenvalue weighted by Gasteiger charge is -2.34. The molecule has 0 spiro atoms. The summed E-state index contributed by atoms with van der Waals surface area (Å²) in [6.45, 7) is 6.17. The van der Waals surface area contributed by atoms with Gasteiger partial charge in [-0.3, -0.25) is 4.79 Å². The van der Waals surface area contributed by atoms with Gasteiger partial charge in [-0.1, -0.05) is 30.3 Å². The van der Waals surface area contributed by atoms with Gasteiger partial charge in [0.15, 0.2) is 6.54 Å². The Bertz CT molecular complexity index is 712. The molecular weight excluding hydrogens is 329 g/mol. The van der Waals surface area contributed by atoms with E-state index in [1.165, 1.54) is 17.0 Å². The fourth-order valence-corrected chi connectivity index (χ4v) is 3.42. The molecule has 4 nitrogen and oxygen atoms in total. The minimum atomic E-state index is -0.209. The lowest BCUT2D eigenvalue weighted by molar-refractivity contribution is -0.892. The summed E-state index contributed by atoms with van der Waals surface area (Å²) in [5.74, 6) is -0.0363. The number of carbonyl (C=O) groups is 1. The number of anilines is 1. The highest BCUT2D eigenvalue weighted by Gasteiger charge is 2.25. The van der Waals surface area contributed by atoms with E-state index in [4.69, 9.17) is 0 Å². The van der Waals surface area contributed by atoms with E-state index >= 15 is 0 Å². The molecule has 26 heavy (non-hydrogen) atoms. The van der Waals surface area contributed by atoms with Gasteiger partial charge >= 0.3 is 0 Å². The van der Waals surface area contributed by atoms with Crippen molar-refractivity contribution in [2.24, 2.45) is 0 Å².